The van der Waals surface area contributed by atoms with Gasteiger partial charge in [-0.05, 0) is 200 Å². The largest absolute Gasteiger partial charge is 0.488 e. The Morgan fingerprint density at radius 1 is 0.223 bits per heavy atom. The molecule has 0 atom stereocenters. The van der Waals surface area contributed by atoms with Gasteiger partial charge in [0.15, 0.2) is 0 Å². The van der Waals surface area contributed by atoms with Crippen molar-refractivity contribution in [2.45, 2.75) is 13.8 Å². The summed E-state index contributed by atoms with van der Waals surface area (Å²) in [5, 5.41) is 34.1. The number of hydrogen-bond acceptors (Lipinski definition) is 4. The molecule has 0 saturated carbocycles. The van der Waals surface area contributed by atoms with E-state index in [1.165, 1.54) is 97.0 Å². The molecular weight excluding hydrogens is 1840 g/mol. The van der Waals surface area contributed by atoms with E-state index in [0.717, 1.165) is 24.8 Å². The molecule has 2 heterocycles. The first-order chi connectivity index (χ1) is 59.0. The van der Waals surface area contributed by atoms with Gasteiger partial charge in [0, 0.05) is 47.3 Å². The van der Waals surface area contributed by atoms with Crippen LogP contribution in [0, 0.1) is 13.8 Å². The van der Waals surface area contributed by atoms with Crippen LogP contribution in [0.1, 0.15) is 11.1 Å². The molecule has 0 radical (unpaired) electrons. The van der Waals surface area contributed by atoms with Crippen molar-refractivity contribution in [1.82, 2.24) is 9.97 Å². The fraction of sp³-hybridized carbons (Fsp3) is 0.0185. The zero-order chi connectivity index (χ0) is 83.1. The van der Waals surface area contributed by atoms with Crippen LogP contribution in [0.2, 0.25) is 0 Å². The molecule has 0 spiro atoms. The van der Waals surface area contributed by atoms with Gasteiger partial charge >= 0.3 is 7.12 Å². The molecule has 0 amide bonds. The molecule has 0 saturated heterocycles. The summed E-state index contributed by atoms with van der Waals surface area (Å²) in [5.41, 5.74) is 9.91. The molecule has 2 N–H and O–H groups in total. The van der Waals surface area contributed by atoms with Gasteiger partial charge in [0.2, 0.25) is 0 Å². The monoisotopic (exact) mass is 1920 g/mol. The maximum Gasteiger partial charge on any atom is 0.488 e. The number of halogens is 3. The molecule has 0 aliphatic carbocycles. The maximum absolute atomic E-state index is 8.68. The molecule has 0 aliphatic rings. The summed E-state index contributed by atoms with van der Waals surface area (Å²) < 4.78 is 2.79. The molecule has 4 nitrogen and oxygen atoms in total. The summed E-state index contributed by atoms with van der Waals surface area (Å²) in [7, 11) is -3.16. The molecular formula is C108H90BBr3N2O2P4Pd. The van der Waals surface area contributed by atoms with Crippen molar-refractivity contribution in [1.29, 1.82) is 0 Å². The van der Waals surface area contributed by atoms with Gasteiger partial charge in [-0.3, -0.25) is 4.98 Å². The standard InChI is InChI=1S/C18H14BrN.4C18H15P.C12H10BrN.C6H6BBrO2.Pd/c1-13-12-20-18(15-8-5-9-16(19)10-15)11-17(13)14-6-3-2-4-7-14;4*1-4-10-16(11-5-1)19(17-12-6-2-7-13-17)18-14-8-3-9-15-18;1-9-8-14-12(13)7-11(9)10-5-3-2-4-6-10;8-6-3-1-2-5(4-6)7(9)10;/h2-12H,1H3;4*1-15H;2-8H,1H3;1-4,9-10H;. The van der Waals surface area contributed by atoms with E-state index in [4.69, 9.17) is 10.0 Å². The minimum absolute atomic E-state index is 0. The molecule has 0 fully saturated rings. The molecule has 18 rings (SSSR count). The summed E-state index contributed by atoms with van der Waals surface area (Å²) in [6.07, 6.45) is 3.82. The third-order valence-electron chi connectivity index (χ3n) is 18.8. The van der Waals surface area contributed by atoms with Crippen LogP contribution in [0.15, 0.2) is 511 Å². The van der Waals surface area contributed by atoms with Crippen molar-refractivity contribution in [3.8, 4) is 33.5 Å². The molecule has 13 heteroatoms. The van der Waals surface area contributed by atoms with Crippen molar-refractivity contribution in [3.63, 3.8) is 0 Å². The number of hydrogen-bond donors (Lipinski definition) is 2. The minimum atomic E-state index is -1.38. The van der Waals surface area contributed by atoms with Gasteiger partial charge in [-0.15, -0.1) is 0 Å². The van der Waals surface area contributed by atoms with Gasteiger partial charge in [-0.2, -0.15) is 0 Å². The van der Waals surface area contributed by atoms with Crippen molar-refractivity contribution in [2.24, 2.45) is 0 Å². The quantitative estimate of drug-likeness (QED) is 0.0575. The SMILES string of the molecule is Cc1cnc(-c2cccc(Br)c2)cc1-c1ccccc1.Cc1cnc(Br)cc1-c1ccccc1.OB(O)c1cccc(Br)c1.[Pd].c1ccc(P(c2ccccc2)c2ccccc2)cc1.c1ccc(P(c2ccccc2)c2ccccc2)cc1.c1ccc(P(c2ccccc2)c2ccccc2)cc1.c1ccc(P(c2ccccc2)c2ccccc2)cc1. The molecule has 2 aromatic heterocycles. The zero-order valence-electron chi connectivity index (χ0n) is 66.9. The summed E-state index contributed by atoms with van der Waals surface area (Å²) in [6.45, 7) is 4.17. The van der Waals surface area contributed by atoms with Crippen LogP contribution >= 0.6 is 79.5 Å². The van der Waals surface area contributed by atoms with Crippen LogP contribution in [-0.4, -0.2) is 27.1 Å². The normalized spacial score (nSPS) is 10.3. The Balaban J connectivity index is 0.000000139. The minimum Gasteiger partial charge on any atom is -0.423 e. The second kappa shape index (κ2) is 50.1. The Bertz CT molecular complexity index is 5090. The fourth-order valence-electron chi connectivity index (χ4n) is 13.1. The van der Waals surface area contributed by atoms with Gasteiger partial charge < -0.3 is 10.0 Å². The molecule has 18 aromatic rings. The van der Waals surface area contributed by atoms with Crippen LogP contribution in [0.4, 0.5) is 0 Å². The number of aryl methyl sites for hydroxylation is 2. The number of benzene rings is 16. The first-order valence-electron chi connectivity index (χ1n) is 39.4. The predicted molar refractivity (Wildman–Crippen MR) is 534 cm³/mol. The fourth-order valence-corrected chi connectivity index (χ4v) is 23.4. The van der Waals surface area contributed by atoms with Crippen LogP contribution in [-0.2, 0) is 20.4 Å². The number of nitrogens with zero attached hydrogens (tertiary/aromatic N) is 2. The Labute approximate surface area is 758 Å². The van der Waals surface area contributed by atoms with Crippen molar-refractivity contribution in [3.05, 3.63) is 522 Å². The van der Waals surface area contributed by atoms with E-state index < -0.39 is 38.8 Å². The summed E-state index contributed by atoms with van der Waals surface area (Å²) in [5.74, 6) is 0. The molecule has 598 valence electrons. The smallest absolute Gasteiger partial charge is 0.423 e. The van der Waals surface area contributed by atoms with Crippen LogP contribution in [0.25, 0.3) is 33.5 Å². The Morgan fingerprint density at radius 3 is 0.653 bits per heavy atom. The summed E-state index contributed by atoms with van der Waals surface area (Å²) >= 11 is 10.1. The van der Waals surface area contributed by atoms with E-state index in [1.807, 2.05) is 60.9 Å². The van der Waals surface area contributed by atoms with Gasteiger partial charge in [0.1, 0.15) is 4.60 Å². The average Bonchev–Trinajstić information content (AvgIpc) is 0.831. The van der Waals surface area contributed by atoms with Gasteiger partial charge in [-0.1, -0.05) is 481 Å². The number of pyridine rings is 2. The molecule has 0 bridgehead atoms. The van der Waals surface area contributed by atoms with Crippen molar-refractivity contribution < 1.29 is 30.5 Å². The average molecular weight is 1930 g/mol. The van der Waals surface area contributed by atoms with E-state index in [2.05, 4.69) is 490 Å². The molecule has 0 unspecified atom stereocenters. The maximum atomic E-state index is 8.68. The number of aromatic nitrogens is 2. The van der Waals surface area contributed by atoms with E-state index in [1.54, 1.807) is 18.2 Å². The van der Waals surface area contributed by atoms with E-state index >= 15 is 0 Å². The third-order valence-corrected chi connectivity index (χ3v) is 30.0. The summed E-state index contributed by atoms with van der Waals surface area (Å²) in [4.78, 5) is 8.74. The first kappa shape index (κ1) is 91.4. The van der Waals surface area contributed by atoms with Crippen molar-refractivity contribution in [2.75, 3.05) is 0 Å². The molecule has 0 aliphatic heterocycles. The van der Waals surface area contributed by atoms with Gasteiger partial charge in [0.05, 0.1) is 5.69 Å². The van der Waals surface area contributed by atoms with Crippen LogP contribution in [0.5, 0.6) is 0 Å². The topological polar surface area (TPSA) is 66.2 Å². The van der Waals surface area contributed by atoms with Crippen LogP contribution < -0.4 is 69.1 Å². The first-order valence-corrected chi connectivity index (χ1v) is 47.1. The zero-order valence-corrected chi connectivity index (χ0v) is 76.8. The second-order valence-electron chi connectivity index (χ2n) is 27.2. The van der Waals surface area contributed by atoms with Gasteiger partial charge in [0.25, 0.3) is 0 Å². The number of rotatable bonds is 16. The van der Waals surface area contributed by atoms with E-state index in [-0.39, 0.29) is 20.4 Å². The van der Waals surface area contributed by atoms with Crippen molar-refractivity contribution >= 4 is 156 Å². The summed E-state index contributed by atoms with van der Waals surface area (Å²) in [6, 6.07) is 169. The van der Waals surface area contributed by atoms with E-state index in [9.17, 15) is 0 Å². The van der Waals surface area contributed by atoms with Gasteiger partial charge in [-0.25, -0.2) is 4.98 Å². The molecule has 16 aromatic carbocycles. The predicted octanol–water partition coefficient (Wildman–Crippen LogP) is 23.2. The third kappa shape index (κ3) is 28.4. The van der Waals surface area contributed by atoms with Crippen LogP contribution in [0.3, 0.4) is 0 Å². The Hall–Kier alpha value is -10.4. The van der Waals surface area contributed by atoms with E-state index in [0.29, 0.717) is 5.46 Å². The second-order valence-corrected chi connectivity index (χ2v) is 38.8. The Morgan fingerprint density at radius 2 is 0.430 bits per heavy atom. The molecule has 121 heavy (non-hydrogen) atoms. The Kier molecular flexibility index (Phi) is 37.9.